The minimum atomic E-state index is 0.344. The van der Waals surface area contributed by atoms with Gasteiger partial charge in [-0.3, -0.25) is 0 Å². The van der Waals surface area contributed by atoms with Crippen LogP contribution in [0, 0.1) is 18.3 Å². The van der Waals surface area contributed by atoms with Crippen LogP contribution < -0.4 is 4.90 Å². The molecule has 24 heavy (non-hydrogen) atoms. The van der Waals surface area contributed by atoms with Gasteiger partial charge in [-0.25, -0.2) is 0 Å². The van der Waals surface area contributed by atoms with Crippen LogP contribution in [0.2, 0.25) is 0 Å². The fraction of sp³-hybridized carbons (Fsp3) is 0.211. The molecule has 5 heteroatoms. The third-order valence-electron chi connectivity index (χ3n) is 3.93. The van der Waals surface area contributed by atoms with Gasteiger partial charge in [0.1, 0.15) is 6.07 Å². The SMILES string of the molecule is CCN(Cc1ccccc1)c1nn(-c2ccccc2C)nc1C#N. The van der Waals surface area contributed by atoms with Gasteiger partial charge in [-0.2, -0.15) is 5.26 Å². The fourth-order valence-corrected chi connectivity index (χ4v) is 2.62. The van der Waals surface area contributed by atoms with Crippen LogP contribution in [-0.2, 0) is 6.54 Å². The number of nitriles is 1. The maximum Gasteiger partial charge on any atom is 0.207 e. The summed E-state index contributed by atoms with van der Waals surface area (Å²) in [6.45, 7) is 5.50. The van der Waals surface area contributed by atoms with Gasteiger partial charge in [0.2, 0.25) is 5.69 Å². The Bertz CT molecular complexity index is 861. The van der Waals surface area contributed by atoms with Crippen molar-refractivity contribution in [2.75, 3.05) is 11.4 Å². The van der Waals surface area contributed by atoms with Crippen LogP contribution in [0.4, 0.5) is 5.82 Å². The van der Waals surface area contributed by atoms with Gasteiger partial charge in [0, 0.05) is 13.1 Å². The third-order valence-corrected chi connectivity index (χ3v) is 3.93. The summed E-state index contributed by atoms with van der Waals surface area (Å²) in [5.41, 5.74) is 3.47. The van der Waals surface area contributed by atoms with Crippen LogP contribution in [0.5, 0.6) is 0 Å². The van der Waals surface area contributed by atoms with E-state index in [0.29, 0.717) is 18.1 Å². The number of hydrogen-bond acceptors (Lipinski definition) is 4. The summed E-state index contributed by atoms with van der Waals surface area (Å²) in [4.78, 5) is 3.62. The lowest BCUT2D eigenvalue weighted by molar-refractivity contribution is 0.729. The molecule has 0 saturated heterocycles. The predicted molar refractivity (Wildman–Crippen MR) is 94.0 cm³/mol. The molecule has 5 nitrogen and oxygen atoms in total. The molecule has 3 aromatic rings. The van der Waals surface area contributed by atoms with Gasteiger partial charge in [0.05, 0.1) is 5.69 Å². The number of aryl methyl sites for hydroxylation is 1. The molecule has 0 radical (unpaired) electrons. The third kappa shape index (κ3) is 3.13. The van der Waals surface area contributed by atoms with Crippen LogP contribution in [-0.4, -0.2) is 21.5 Å². The molecule has 0 aliphatic rings. The Labute approximate surface area is 141 Å². The second-order valence-electron chi connectivity index (χ2n) is 5.56. The maximum absolute atomic E-state index is 9.47. The van der Waals surface area contributed by atoms with Crippen molar-refractivity contribution in [3.05, 3.63) is 71.4 Å². The van der Waals surface area contributed by atoms with E-state index in [0.717, 1.165) is 17.8 Å². The van der Waals surface area contributed by atoms with E-state index >= 15 is 0 Å². The first kappa shape index (κ1) is 15.8. The number of rotatable bonds is 5. The number of benzene rings is 2. The lowest BCUT2D eigenvalue weighted by Gasteiger charge is -2.20. The Balaban J connectivity index is 1.98. The number of hydrogen-bond donors (Lipinski definition) is 0. The smallest absolute Gasteiger partial charge is 0.207 e. The molecule has 0 spiro atoms. The predicted octanol–water partition coefficient (Wildman–Crippen LogP) is 3.47. The Hall–Kier alpha value is -3.13. The monoisotopic (exact) mass is 317 g/mol. The first-order valence-corrected chi connectivity index (χ1v) is 7.95. The van der Waals surface area contributed by atoms with Crippen molar-refractivity contribution in [2.45, 2.75) is 20.4 Å². The second-order valence-corrected chi connectivity index (χ2v) is 5.56. The van der Waals surface area contributed by atoms with Crippen molar-refractivity contribution in [2.24, 2.45) is 0 Å². The fourth-order valence-electron chi connectivity index (χ4n) is 2.62. The van der Waals surface area contributed by atoms with Crippen molar-refractivity contribution in [1.29, 1.82) is 5.26 Å². The molecule has 1 heterocycles. The average molecular weight is 317 g/mol. The van der Waals surface area contributed by atoms with Crippen molar-refractivity contribution >= 4 is 5.82 Å². The zero-order valence-corrected chi connectivity index (χ0v) is 13.8. The Morgan fingerprint density at radius 2 is 1.75 bits per heavy atom. The summed E-state index contributed by atoms with van der Waals surface area (Å²) in [5.74, 6) is 0.618. The van der Waals surface area contributed by atoms with Crippen molar-refractivity contribution in [3.8, 4) is 11.8 Å². The van der Waals surface area contributed by atoms with Crippen molar-refractivity contribution in [3.63, 3.8) is 0 Å². The molecule has 120 valence electrons. The molecule has 1 aromatic heterocycles. The van der Waals surface area contributed by atoms with Gasteiger partial charge in [0.15, 0.2) is 5.82 Å². The van der Waals surface area contributed by atoms with E-state index in [-0.39, 0.29) is 0 Å². The van der Waals surface area contributed by atoms with E-state index in [2.05, 4.69) is 40.2 Å². The minimum absolute atomic E-state index is 0.344. The summed E-state index contributed by atoms with van der Waals surface area (Å²) < 4.78 is 0. The number of nitrogens with zero attached hydrogens (tertiary/aromatic N) is 5. The molecular formula is C19H19N5. The van der Waals surface area contributed by atoms with Crippen LogP contribution in [0.15, 0.2) is 54.6 Å². The zero-order chi connectivity index (χ0) is 16.9. The largest absolute Gasteiger partial charge is 0.349 e. The molecular weight excluding hydrogens is 298 g/mol. The lowest BCUT2D eigenvalue weighted by atomic mass is 10.2. The van der Waals surface area contributed by atoms with E-state index in [1.807, 2.05) is 49.4 Å². The Morgan fingerprint density at radius 1 is 1.04 bits per heavy atom. The first-order valence-electron chi connectivity index (χ1n) is 7.95. The van der Waals surface area contributed by atoms with Gasteiger partial charge >= 0.3 is 0 Å². The highest BCUT2D eigenvalue weighted by atomic mass is 15.5. The summed E-state index contributed by atoms with van der Waals surface area (Å²) in [6.07, 6.45) is 0. The molecule has 0 unspecified atom stereocenters. The Morgan fingerprint density at radius 3 is 2.42 bits per heavy atom. The van der Waals surface area contributed by atoms with E-state index in [9.17, 15) is 5.26 Å². The summed E-state index contributed by atoms with van der Waals surface area (Å²) in [6, 6.07) is 20.2. The normalized spacial score (nSPS) is 10.4. The standard InChI is InChI=1S/C19H19N5/c1-3-23(14-16-10-5-4-6-11-16)19-17(13-20)21-24(22-19)18-12-8-7-9-15(18)2/h4-12H,3,14H2,1-2H3. The molecule has 0 aliphatic carbocycles. The Kier molecular flexibility index (Phi) is 4.57. The van der Waals surface area contributed by atoms with E-state index in [1.54, 1.807) is 4.80 Å². The van der Waals surface area contributed by atoms with E-state index in [4.69, 9.17) is 0 Å². The van der Waals surface area contributed by atoms with Crippen LogP contribution in [0.1, 0.15) is 23.7 Å². The van der Waals surface area contributed by atoms with Gasteiger partial charge in [-0.15, -0.1) is 15.0 Å². The topological polar surface area (TPSA) is 57.7 Å². The molecule has 3 rings (SSSR count). The van der Waals surface area contributed by atoms with Crippen molar-refractivity contribution in [1.82, 2.24) is 15.0 Å². The maximum atomic E-state index is 9.47. The first-order chi connectivity index (χ1) is 11.7. The van der Waals surface area contributed by atoms with E-state index < -0.39 is 0 Å². The molecule has 0 bridgehead atoms. The number of aromatic nitrogens is 3. The molecule has 0 atom stereocenters. The molecule has 0 aliphatic heterocycles. The lowest BCUT2D eigenvalue weighted by Crippen LogP contribution is -2.23. The van der Waals surface area contributed by atoms with Gasteiger partial charge < -0.3 is 4.90 Å². The highest BCUT2D eigenvalue weighted by Crippen LogP contribution is 2.20. The van der Waals surface area contributed by atoms with Crippen LogP contribution >= 0.6 is 0 Å². The molecule has 2 aromatic carbocycles. The highest BCUT2D eigenvalue weighted by molar-refractivity contribution is 5.51. The highest BCUT2D eigenvalue weighted by Gasteiger charge is 2.18. The van der Waals surface area contributed by atoms with Crippen LogP contribution in [0.25, 0.3) is 5.69 Å². The van der Waals surface area contributed by atoms with Crippen molar-refractivity contribution < 1.29 is 0 Å². The number of anilines is 1. The van der Waals surface area contributed by atoms with Gasteiger partial charge in [-0.1, -0.05) is 48.5 Å². The second kappa shape index (κ2) is 6.97. The average Bonchev–Trinajstić information content (AvgIpc) is 3.05. The van der Waals surface area contributed by atoms with E-state index in [1.165, 1.54) is 5.56 Å². The molecule has 0 amide bonds. The molecule has 0 saturated carbocycles. The van der Waals surface area contributed by atoms with Crippen LogP contribution in [0.3, 0.4) is 0 Å². The van der Waals surface area contributed by atoms with Gasteiger partial charge in [0.25, 0.3) is 0 Å². The minimum Gasteiger partial charge on any atom is -0.349 e. The summed E-state index contributed by atoms with van der Waals surface area (Å²) in [5, 5.41) is 18.4. The van der Waals surface area contributed by atoms with Gasteiger partial charge in [-0.05, 0) is 31.0 Å². The zero-order valence-electron chi connectivity index (χ0n) is 13.8. The summed E-state index contributed by atoms with van der Waals surface area (Å²) in [7, 11) is 0. The molecule has 0 fully saturated rings. The number of para-hydroxylation sites is 1. The quantitative estimate of drug-likeness (QED) is 0.723. The summed E-state index contributed by atoms with van der Waals surface area (Å²) >= 11 is 0. The molecule has 0 N–H and O–H groups in total.